The molecule has 118 valence electrons. The lowest BCUT2D eigenvalue weighted by molar-refractivity contribution is -0.123. The highest BCUT2D eigenvalue weighted by atomic mass is 35.7. The standard InChI is InChI=1S/C11H12ClF2NO5S/c1-19-5-4-15-9(16)6-20-7-2-3-8(21(12,17)18)11(14)10(7)13/h2-3H,4-6H2,1H3,(H,15,16). The Hall–Kier alpha value is -1.45. The number of carbonyl (C=O) groups excluding carboxylic acids is 1. The van der Waals surface area contributed by atoms with Gasteiger partial charge in [0.2, 0.25) is 5.82 Å². The molecule has 21 heavy (non-hydrogen) atoms. The number of benzene rings is 1. The Kier molecular flexibility index (Phi) is 6.31. The molecule has 0 heterocycles. The third-order valence-corrected chi connectivity index (χ3v) is 3.60. The van der Waals surface area contributed by atoms with Crippen LogP contribution in [-0.4, -0.2) is 41.2 Å². The molecule has 0 unspecified atom stereocenters. The van der Waals surface area contributed by atoms with Crippen LogP contribution in [0.4, 0.5) is 8.78 Å². The van der Waals surface area contributed by atoms with Crippen LogP contribution in [0, 0.1) is 11.6 Å². The minimum atomic E-state index is -4.41. The maximum atomic E-state index is 13.6. The van der Waals surface area contributed by atoms with E-state index in [9.17, 15) is 22.0 Å². The van der Waals surface area contributed by atoms with Gasteiger partial charge in [0.1, 0.15) is 4.90 Å². The van der Waals surface area contributed by atoms with Crippen LogP contribution in [0.2, 0.25) is 0 Å². The number of hydrogen-bond donors (Lipinski definition) is 1. The van der Waals surface area contributed by atoms with E-state index in [0.717, 1.165) is 12.1 Å². The van der Waals surface area contributed by atoms with Crippen LogP contribution < -0.4 is 10.1 Å². The minimum absolute atomic E-state index is 0.235. The Morgan fingerprint density at radius 2 is 2.00 bits per heavy atom. The summed E-state index contributed by atoms with van der Waals surface area (Å²) >= 11 is 0. The number of hydrogen-bond acceptors (Lipinski definition) is 5. The van der Waals surface area contributed by atoms with Crippen LogP contribution >= 0.6 is 10.7 Å². The maximum Gasteiger partial charge on any atom is 0.264 e. The van der Waals surface area contributed by atoms with E-state index in [1.807, 2.05) is 0 Å². The summed E-state index contributed by atoms with van der Waals surface area (Å²) in [7, 11) is 1.98. The zero-order valence-corrected chi connectivity index (χ0v) is 12.4. The molecule has 0 spiro atoms. The third-order valence-electron chi connectivity index (χ3n) is 2.26. The van der Waals surface area contributed by atoms with Crippen molar-refractivity contribution < 1.29 is 31.5 Å². The molecule has 0 aromatic heterocycles. The molecule has 1 aromatic carbocycles. The number of amides is 1. The molecule has 10 heteroatoms. The second kappa shape index (κ2) is 7.53. The molecule has 1 N–H and O–H groups in total. The van der Waals surface area contributed by atoms with Crippen molar-refractivity contribution in [3.8, 4) is 5.75 Å². The molecule has 0 aliphatic heterocycles. The largest absolute Gasteiger partial charge is 0.481 e. The van der Waals surface area contributed by atoms with Crippen molar-refractivity contribution in [1.29, 1.82) is 0 Å². The monoisotopic (exact) mass is 343 g/mol. The Balaban J connectivity index is 2.74. The van der Waals surface area contributed by atoms with Gasteiger partial charge >= 0.3 is 0 Å². The van der Waals surface area contributed by atoms with E-state index in [1.165, 1.54) is 7.11 Å². The number of nitrogens with one attached hydrogen (secondary N) is 1. The molecule has 0 aliphatic carbocycles. The Morgan fingerprint density at radius 3 is 2.57 bits per heavy atom. The highest BCUT2D eigenvalue weighted by molar-refractivity contribution is 8.13. The Labute approximate surface area is 124 Å². The fourth-order valence-electron chi connectivity index (χ4n) is 1.30. The van der Waals surface area contributed by atoms with Gasteiger partial charge in [0, 0.05) is 24.3 Å². The Bertz CT molecular complexity index is 623. The number of carbonyl (C=O) groups is 1. The molecule has 1 rings (SSSR count). The molecule has 0 bridgehead atoms. The SMILES string of the molecule is COCCNC(=O)COc1ccc(S(=O)(=O)Cl)c(F)c1F. The molecular weight excluding hydrogens is 332 g/mol. The zero-order valence-electron chi connectivity index (χ0n) is 10.9. The van der Waals surface area contributed by atoms with Gasteiger partial charge in [-0.2, -0.15) is 4.39 Å². The van der Waals surface area contributed by atoms with E-state index in [4.69, 9.17) is 20.2 Å². The summed E-state index contributed by atoms with van der Waals surface area (Å²) in [6.07, 6.45) is 0. The number of rotatable bonds is 7. The van der Waals surface area contributed by atoms with Gasteiger partial charge in [0.25, 0.3) is 15.0 Å². The average Bonchev–Trinajstić information content (AvgIpc) is 2.39. The van der Waals surface area contributed by atoms with Gasteiger partial charge in [-0.05, 0) is 12.1 Å². The molecule has 1 amide bonds. The van der Waals surface area contributed by atoms with Crippen molar-refractivity contribution >= 4 is 25.6 Å². The summed E-state index contributed by atoms with van der Waals surface area (Å²) in [5.41, 5.74) is 0. The minimum Gasteiger partial charge on any atom is -0.481 e. The van der Waals surface area contributed by atoms with E-state index < -0.39 is 43.8 Å². The maximum absolute atomic E-state index is 13.6. The molecule has 0 atom stereocenters. The van der Waals surface area contributed by atoms with E-state index in [2.05, 4.69) is 5.32 Å². The van der Waals surface area contributed by atoms with Gasteiger partial charge in [0.15, 0.2) is 18.2 Å². The first-order valence-electron chi connectivity index (χ1n) is 5.58. The first-order chi connectivity index (χ1) is 9.77. The summed E-state index contributed by atoms with van der Waals surface area (Å²) in [5, 5.41) is 2.40. The van der Waals surface area contributed by atoms with Crippen molar-refractivity contribution in [2.24, 2.45) is 0 Å². The number of methoxy groups -OCH3 is 1. The molecule has 0 saturated heterocycles. The van der Waals surface area contributed by atoms with Gasteiger partial charge in [0.05, 0.1) is 6.61 Å². The number of halogens is 3. The van der Waals surface area contributed by atoms with Crippen molar-refractivity contribution in [1.82, 2.24) is 5.32 Å². The predicted molar refractivity (Wildman–Crippen MR) is 69.8 cm³/mol. The van der Waals surface area contributed by atoms with Gasteiger partial charge in [-0.25, -0.2) is 12.8 Å². The molecule has 6 nitrogen and oxygen atoms in total. The summed E-state index contributed by atoms with van der Waals surface area (Å²) in [4.78, 5) is 10.3. The van der Waals surface area contributed by atoms with Gasteiger partial charge in [-0.1, -0.05) is 0 Å². The second-order valence-corrected chi connectivity index (χ2v) is 6.29. The lowest BCUT2D eigenvalue weighted by Gasteiger charge is -2.09. The topological polar surface area (TPSA) is 81.7 Å². The lowest BCUT2D eigenvalue weighted by atomic mass is 10.3. The molecular formula is C11H12ClF2NO5S. The highest BCUT2D eigenvalue weighted by Gasteiger charge is 2.22. The third kappa shape index (κ3) is 5.10. The first-order valence-corrected chi connectivity index (χ1v) is 7.89. The fraction of sp³-hybridized carbons (Fsp3) is 0.364. The van der Waals surface area contributed by atoms with E-state index >= 15 is 0 Å². The van der Waals surface area contributed by atoms with E-state index in [1.54, 1.807) is 0 Å². The molecule has 0 fully saturated rings. The van der Waals surface area contributed by atoms with Crippen LogP contribution in [0.1, 0.15) is 0 Å². The molecule has 0 saturated carbocycles. The van der Waals surface area contributed by atoms with Crippen molar-refractivity contribution in [2.75, 3.05) is 26.9 Å². The van der Waals surface area contributed by atoms with E-state index in [0.29, 0.717) is 0 Å². The van der Waals surface area contributed by atoms with Gasteiger partial charge < -0.3 is 14.8 Å². The van der Waals surface area contributed by atoms with Crippen LogP contribution in [0.3, 0.4) is 0 Å². The summed E-state index contributed by atoms with van der Waals surface area (Å²) in [6.45, 7) is -0.0387. The summed E-state index contributed by atoms with van der Waals surface area (Å²) in [6, 6.07) is 1.62. The van der Waals surface area contributed by atoms with Crippen molar-refractivity contribution in [3.05, 3.63) is 23.8 Å². The second-order valence-electron chi connectivity index (χ2n) is 3.76. The van der Waals surface area contributed by atoms with Crippen LogP contribution in [0.25, 0.3) is 0 Å². The fourth-order valence-corrected chi connectivity index (χ4v) is 2.19. The smallest absolute Gasteiger partial charge is 0.264 e. The average molecular weight is 344 g/mol. The molecule has 0 radical (unpaired) electrons. The van der Waals surface area contributed by atoms with E-state index in [-0.39, 0.29) is 13.2 Å². The quantitative estimate of drug-likeness (QED) is 0.591. The molecule has 0 aliphatic rings. The Morgan fingerprint density at radius 1 is 1.33 bits per heavy atom. The van der Waals surface area contributed by atoms with Crippen LogP contribution in [-0.2, 0) is 18.6 Å². The highest BCUT2D eigenvalue weighted by Crippen LogP contribution is 2.27. The predicted octanol–water partition coefficient (Wildman–Crippen LogP) is 1.03. The first kappa shape index (κ1) is 17.6. The lowest BCUT2D eigenvalue weighted by Crippen LogP contribution is -2.31. The van der Waals surface area contributed by atoms with Crippen molar-refractivity contribution in [2.45, 2.75) is 4.90 Å². The zero-order chi connectivity index (χ0) is 16.0. The van der Waals surface area contributed by atoms with Crippen LogP contribution in [0.5, 0.6) is 5.75 Å². The van der Waals surface area contributed by atoms with Gasteiger partial charge in [-0.15, -0.1) is 0 Å². The van der Waals surface area contributed by atoms with Crippen LogP contribution in [0.15, 0.2) is 17.0 Å². The van der Waals surface area contributed by atoms with Gasteiger partial charge in [-0.3, -0.25) is 4.79 Å². The normalized spacial score (nSPS) is 11.2. The summed E-state index contributed by atoms with van der Waals surface area (Å²) in [5.74, 6) is -4.37. The van der Waals surface area contributed by atoms with Crippen molar-refractivity contribution in [3.63, 3.8) is 0 Å². The number of ether oxygens (including phenoxy) is 2. The molecule has 1 aromatic rings. The summed E-state index contributed by atoms with van der Waals surface area (Å²) < 4.78 is 58.5.